The molecule has 1 fully saturated rings. The second-order valence-electron chi connectivity index (χ2n) is 4.91. The first-order valence-electron chi connectivity index (χ1n) is 6.65. The van der Waals surface area contributed by atoms with Crippen LogP contribution in [0.5, 0.6) is 11.5 Å². The van der Waals surface area contributed by atoms with Crippen molar-refractivity contribution in [2.45, 2.75) is 18.4 Å². The highest BCUT2D eigenvalue weighted by Gasteiger charge is 2.39. The lowest BCUT2D eigenvalue weighted by Gasteiger charge is -2.32. The van der Waals surface area contributed by atoms with Gasteiger partial charge in [0.25, 0.3) is 5.89 Å². The molecule has 2 heterocycles. The van der Waals surface area contributed by atoms with E-state index in [9.17, 15) is 10.2 Å². The third-order valence-electron chi connectivity index (χ3n) is 3.76. The Bertz CT molecular complexity index is 614. The molecule has 1 aliphatic heterocycles. The molecule has 1 aromatic heterocycles. The standard InChI is InChI=1S/C14H16N2O5/c1-19-14(5-7-20-8-6-14)13-15-12(21-16-13)11-9(17)3-2-4-10(11)18/h2-4,17-18H,5-8H2,1H3. The summed E-state index contributed by atoms with van der Waals surface area (Å²) in [6.45, 7) is 1.11. The van der Waals surface area contributed by atoms with Crippen LogP contribution >= 0.6 is 0 Å². The van der Waals surface area contributed by atoms with Crippen LogP contribution in [0.3, 0.4) is 0 Å². The highest BCUT2D eigenvalue weighted by Crippen LogP contribution is 2.39. The first-order valence-corrected chi connectivity index (χ1v) is 6.65. The maximum absolute atomic E-state index is 9.85. The summed E-state index contributed by atoms with van der Waals surface area (Å²) in [6, 6.07) is 4.42. The summed E-state index contributed by atoms with van der Waals surface area (Å²) < 4.78 is 16.1. The highest BCUT2D eigenvalue weighted by molar-refractivity contribution is 5.69. The number of phenolic OH excluding ortho intramolecular Hbond substituents is 2. The molecule has 0 amide bonds. The Morgan fingerprint density at radius 3 is 2.48 bits per heavy atom. The molecule has 2 N–H and O–H groups in total. The van der Waals surface area contributed by atoms with Gasteiger partial charge in [-0.1, -0.05) is 11.2 Å². The van der Waals surface area contributed by atoms with E-state index in [0.29, 0.717) is 31.9 Å². The van der Waals surface area contributed by atoms with Crippen molar-refractivity contribution in [1.82, 2.24) is 10.1 Å². The molecule has 0 spiro atoms. The molecule has 0 bridgehead atoms. The topological polar surface area (TPSA) is 97.8 Å². The number of ether oxygens (including phenoxy) is 2. The van der Waals surface area contributed by atoms with Crippen molar-refractivity contribution >= 4 is 0 Å². The normalized spacial score (nSPS) is 17.8. The van der Waals surface area contributed by atoms with Gasteiger partial charge in [-0.3, -0.25) is 0 Å². The predicted molar refractivity (Wildman–Crippen MR) is 71.8 cm³/mol. The van der Waals surface area contributed by atoms with Crippen LogP contribution in [0.1, 0.15) is 18.7 Å². The zero-order chi connectivity index (χ0) is 14.9. The number of benzene rings is 1. The van der Waals surface area contributed by atoms with Crippen LogP contribution in [0.2, 0.25) is 0 Å². The lowest BCUT2D eigenvalue weighted by Crippen LogP contribution is -2.36. The zero-order valence-electron chi connectivity index (χ0n) is 11.6. The third kappa shape index (κ3) is 2.34. The van der Waals surface area contributed by atoms with Crippen molar-refractivity contribution in [3.8, 4) is 23.0 Å². The molecule has 1 aromatic carbocycles. The number of methoxy groups -OCH3 is 1. The molecule has 112 valence electrons. The Morgan fingerprint density at radius 2 is 1.86 bits per heavy atom. The first kappa shape index (κ1) is 13.8. The number of hydrogen-bond donors (Lipinski definition) is 2. The molecule has 7 nitrogen and oxygen atoms in total. The molecule has 21 heavy (non-hydrogen) atoms. The van der Waals surface area contributed by atoms with Gasteiger partial charge in [0.1, 0.15) is 22.7 Å². The van der Waals surface area contributed by atoms with Gasteiger partial charge < -0.3 is 24.2 Å². The number of hydrogen-bond acceptors (Lipinski definition) is 7. The van der Waals surface area contributed by atoms with E-state index < -0.39 is 5.60 Å². The fourth-order valence-corrected chi connectivity index (χ4v) is 2.48. The van der Waals surface area contributed by atoms with E-state index in [2.05, 4.69) is 10.1 Å². The average Bonchev–Trinajstić information content (AvgIpc) is 2.98. The summed E-state index contributed by atoms with van der Waals surface area (Å²) in [5.74, 6) is 0.210. The molecule has 2 aromatic rings. The molecule has 0 aliphatic carbocycles. The Labute approximate surface area is 121 Å². The van der Waals surface area contributed by atoms with Gasteiger partial charge in [0.15, 0.2) is 0 Å². The van der Waals surface area contributed by atoms with Crippen LogP contribution in [0.4, 0.5) is 0 Å². The largest absolute Gasteiger partial charge is 0.507 e. The third-order valence-corrected chi connectivity index (χ3v) is 3.76. The van der Waals surface area contributed by atoms with Crippen molar-refractivity contribution in [1.29, 1.82) is 0 Å². The number of aromatic nitrogens is 2. The minimum Gasteiger partial charge on any atom is -0.507 e. The van der Waals surface area contributed by atoms with Gasteiger partial charge in [0.05, 0.1) is 0 Å². The number of phenols is 2. The zero-order valence-corrected chi connectivity index (χ0v) is 11.6. The van der Waals surface area contributed by atoms with Gasteiger partial charge in [0, 0.05) is 33.2 Å². The monoisotopic (exact) mass is 292 g/mol. The van der Waals surface area contributed by atoms with Crippen LogP contribution in [-0.2, 0) is 15.1 Å². The van der Waals surface area contributed by atoms with E-state index in [1.54, 1.807) is 7.11 Å². The fourth-order valence-electron chi connectivity index (χ4n) is 2.48. The second kappa shape index (κ2) is 5.34. The molecule has 3 rings (SSSR count). The number of aromatic hydroxyl groups is 2. The van der Waals surface area contributed by atoms with E-state index in [-0.39, 0.29) is 23.0 Å². The van der Waals surface area contributed by atoms with Crippen molar-refractivity contribution < 1.29 is 24.2 Å². The van der Waals surface area contributed by atoms with Crippen molar-refractivity contribution in [3.63, 3.8) is 0 Å². The quantitative estimate of drug-likeness (QED) is 0.890. The fraction of sp³-hybridized carbons (Fsp3) is 0.429. The SMILES string of the molecule is COC1(c2noc(-c3c(O)cccc3O)n2)CCOCC1. The summed E-state index contributed by atoms with van der Waals surface area (Å²) in [7, 11) is 1.60. The maximum Gasteiger partial charge on any atom is 0.265 e. The summed E-state index contributed by atoms with van der Waals surface area (Å²) in [5.41, 5.74) is -0.533. The van der Waals surface area contributed by atoms with Gasteiger partial charge in [-0.05, 0) is 12.1 Å². The highest BCUT2D eigenvalue weighted by atomic mass is 16.5. The molecule has 0 atom stereocenters. The summed E-state index contributed by atoms with van der Waals surface area (Å²) >= 11 is 0. The number of rotatable bonds is 3. The summed E-state index contributed by atoms with van der Waals surface area (Å²) in [5, 5.41) is 23.6. The van der Waals surface area contributed by atoms with E-state index in [1.807, 2.05) is 0 Å². The smallest absolute Gasteiger partial charge is 0.265 e. The van der Waals surface area contributed by atoms with Crippen LogP contribution in [0.15, 0.2) is 22.7 Å². The van der Waals surface area contributed by atoms with Crippen molar-refractivity contribution in [2.24, 2.45) is 0 Å². The predicted octanol–water partition coefficient (Wildman–Crippen LogP) is 1.80. The molecule has 1 aliphatic rings. The molecule has 0 saturated carbocycles. The van der Waals surface area contributed by atoms with Gasteiger partial charge in [-0.15, -0.1) is 0 Å². The minimum atomic E-state index is -0.653. The second-order valence-corrected chi connectivity index (χ2v) is 4.91. The molecule has 7 heteroatoms. The average molecular weight is 292 g/mol. The summed E-state index contributed by atoms with van der Waals surface area (Å²) in [4.78, 5) is 4.29. The Balaban J connectivity index is 2.00. The Morgan fingerprint density at radius 1 is 1.19 bits per heavy atom. The van der Waals surface area contributed by atoms with Gasteiger partial charge >= 0.3 is 0 Å². The molecular formula is C14H16N2O5. The molecule has 0 radical (unpaired) electrons. The minimum absolute atomic E-state index is 0.0588. The lowest BCUT2D eigenvalue weighted by atomic mass is 9.93. The summed E-state index contributed by atoms with van der Waals surface area (Å²) in [6.07, 6.45) is 1.24. The van der Waals surface area contributed by atoms with E-state index >= 15 is 0 Å². The van der Waals surface area contributed by atoms with Gasteiger partial charge in [0.2, 0.25) is 5.82 Å². The van der Waals surface area contributed by atoms with Crippen LogP contribution in [0, 0.1) is 0 Å². The van der Waals surface area contributed by atoms with Crippen molar-refractivity contribution in [3.05, 3.63) is 24.0 Å². The lowest BCUT2D eigenvalue weighted by molar-refractivity contribution is -0.101. The van der Waals surface area contributed by atoms with Crippen LogP contribution < -0.4 is 0 Å². The van der Waals surface area contributed by atoms with E-state index in [0.717, 1.165) is 0 Å². The van der Waals surface area contributed by atoms with E-state index in [1.165, 1.54) is 18.2 Å². The van der Waals surface area contributed by atoms with Gasteiger partial charge in [-0.25, -0.2) is 0 Å². The Kier molecular flexibility index (Phi) is 3.52. The molecule has 0 unspecified atom stereocenters. The van der Waals surface area contributed by atoms with Crippen LogP contribution in [-0.4, -0.2) is 40.7 Å². The molecular weight excluding hydrogens is 276 g/mol. The van der Waals surface area contributed by atoms with Gasteiger partial charge in [-0.2, -0.15) is 4.98 Å². The van der Waals surface area contributed by atoms with E-state index in [4.69, 9.17) is 14.0 Å². The first-order chi connectivity index (χ1) is 10.2. The maximum atomic E-state index is 9.85. The van der Waals surface area contributed by atoms with Crippen LogP contribution in [0.25, 0.3) is 11.5 Å². The number of nitrogens with zero attached hydrogens (tertiary/aromatic N) is 2. The molecule has 1 saturated heterocycles. The Hall–Kier alpha value is -2.12. The van der Waals surface area contributed by atoms with Crippen molar-refractivity contribution in [2.75, 3.05) is 20.3 Å².